The number of carbonyl (C=O) groups excluding carboxylic acids is 4. The molecule has 2 N–H and O–H groups in total. The van der Waals surface area contributed by atoms with Gasteiger partial charge in [-0.3, -0.25) is 14.5 Å². The van der Waals surface area contributed by atoms with Gasteiger partial charge in [-0.2, -0.15) is 0 Å². The van der Waals surface area contributed by atoms with Gasteiger partial charge in [0.25, 0.3) is 5.91 Å². The van der Waals surface area contributed by atoms with Gasteiger partial charge in [-0.1, -0.05) is 20.8 Å². The van der Waals surface area contributed by atoms with Crippen LogP contribution in [-0.2, 0) is 14.3 Å². The number of hydrogen-bond acceptors (Lipinski definition) is 5. The van der Waals surface area contributed by atoms with Crippen LogP contribution >= 0.6 is 0 Å². The summed E-state index contributed by atoms with van der Waals surface area (Å²) in [6, 6.07) is -0.568. The summed E-state index contributed by atoms with van der Waals surface area (Å²) in [5.74, 6) is -0.115. The van der Waals surface area contributed by atoms with Gasteiger partial charge in [0.1, 0.15) is 12.1 Å². The van der Waals surface area contributed by atoms with E-state index in [0.717, 1.165) is 17.7 Å². The maximum atomic E-state index is 13.1. The number of amides is 5. The third-order valence-electron chi connectivity index (χ3n) is 7.00. The Bertz CT molecular complexity index is 716. The van der Waals surface area contributed by atoms with Gasteiger partial charge < -0.3 is 20.3 Å². The molecule has 0 unspecified atom stereocenters. The normalized spacial score (nSPS) is 27.4. The summed E-state index contributed by atoms with van der Waals surface area (Å²) in [5, 5.41) is 5.78. The molecule has 0 atom stereocenters. The van der Waals surface area contributed by atoms with Crippen LogP contribution in [0, 0.1) is 11.3 Å². The molecule has 1 spiro atoms. The van der Waals surface area contributed by atoms with Crippen LogP contribution in [0.15, 0.2) is 0 Å². The number of ether oxygens (including phenoxy) is 1. The van der Waals surface area contributed by atoms with Crippen molar-refractivity contribution in [1.82, 2.24) is 20.4 Å². The molecule has 9 nitrogen and oxygen atoms in total. The van der Waals surface area contributed by atoms with Gasteiger partial charge in [0.05, 0.1) is 6.61 Å². The van der Waals surface area contributed by atoms with Crippen LogP contribution in [0.1, 0.15) is 66.2 Å². The first-order valence-electron chi connectivity index (χ1n) is 11.4. The lowest BCUT2D eigenvalue weighted by Crippen LogP contribution is -2.51. The predicted molar refractivity (Wildman–Crippen MR) is 114 cm³/mol. The fourth-order valence-electron chi connectivity index (χ4n) is 4.97. The van der Waals surface area contributed by atoms with Crippen molar-refractivity contribution in [2.24, 2.45) is 11.3 Å². The Labute approximate surface area is 184 Å². The largest absolute Gasteiger partial charge is 0.450 e. The number of likely N-dealkylation sites (tertiary alicyclic amines) is 1. The van der Waals surface area contributed by atoms with Crippen molar-refractivity contribution in [1.29, 1.82) is 0 Å². The fraction of sp³-hybridized carbons (Fsp3) is 0.818. The van der Waals surface area contributed by atoms with Gasteiger partial charge in [0, 0.05) is 19.1 Å². The summed E-state index contributed by atoms with van der Waals surface area (Å²) in [5.41, 5.74) is -0.681. The van der Waals surface area contributed by atoms with E-state index >= 15 is 0 Å². The Morgan fingerprint density at radius 1 is 1.13 bits per heavy atom. The van der Waals surface area contributed by atoms with E-state index in [1.807, 2.05) is 0 Å². The van der Waals surface area contributed by atoms with Crippen molar-refractivity contribution in [3.8, 4) is 0 Å². The molecule has 1 aliphatic carbocycles. The molecule has 0 radical (unpaired) electrons. The van der Waals surface area contributed by atoms with Gasteiger partial charge in [0.15, 0.2) is 0 Å². The average Bonchev–Trinajstić information content (AvgIpc) is 2.92. The van der Waals surface area contributed by atoms with E-state index in [0.29, 0.717) is 51.3 Å². The molecule has 9 heteroatoms. The first-order valence-corrected chi connectivity index (χ1v) is 11.4. The van der Waals surface area contributed by atoms with E-state index in [1.54, 1.807) is 11.8 Å². The highest BCUT2D eigenvalue weighted by Gasteiger charge is 2.53. The highest BCUT2D eigenvalue weighted by atomic mass is 16.6. The number of nitrogens with zero attached hydrogens (tertiary/aromatic N) is 2. The minimum atomic E-state index is -0.857. The maximum absolute atomic E-state index is 13.1. The minimum Gasteiger partial charge on any atom is -0.450 e. The maximum Gasteiger partial charge on any atom is 0.409 e. The summed E-state index contributed by atoms with van der Waals surface area (Å²) in [7, 11) is 0. The molecular formula is C22H36N4O5. The number of imide groups is 1. The highest BCUT2D eigenvalue weighted by molar-refractivity contribution is 6.09. The Balaban J connectivity index is 1.49. The molecule has 2 saturated heterocycles. The smallest absolute Gasteiger partial charge is 0.409 e. The van der Waals surface area contributed by atoms with Crippen molar-refractivity contribution in [3.63, 3.8) is 0 Å². The van der Waals surface area contributed by atoms with E-state index in [4.69, 9.17) is 4.74 Å². The summed E-state index contributed by atoms with van der Waals surface area (Å²) in [6.45, 7) is 9.46. The molecule has 0 aromatic rings. The second-order valence-electron chi connectivity index (χ2n) is 10.1. The molecule has 0 bridgehead atoms. The van der Waals surface area contributed by atoms with Crippen LogP contribution in [0.2, 0.25) is 0 Å². The molecule has 2 aliphatic heterocycles. The van der Waals surface area contributed by atoms with Gasteiger partial charge in [-0.25, -0.2) is 9.59 Å². The van der Waals surface area contributed by atoms with Crippen molar-refractivity contribution < 1.29 is 23.9 Å². The molecule has 0 aromatic heterocycles. The predicted octanol–water partition coefficient (Wildman–Crippen LogP) is 2.25. The van der Waals surface area contributed by atoms with E-state index in [9.17, 15) is 19.2 Å². The number of piperidine rings is 1. The van der Waals surface area contributed by atoms with Crippen LogP contribution in [0.3, 0.4) is 0 Å². The average molecular weight is 437 g/mol. The zero-order chi connectivity index (χ0) is 22.8. The first kappa shape index (κ1) is 23.3. The SMILES string of the molecule is CCOC(=O)N1CCC(NC(=O)CN2C(=O)NC3(CCC(C(C)(C)C)CC3)C2=O)CC1. The Kier molecular flexibility index (Phi) is 6.81. The second kappa shape index (κ2) is 9.04. The molecular weight excluding hydrogens is 400 g/mol. The molecule has 3 aliphatic rings. The summed E-state index contributed by atoms with van der Waals surface area (Å²) < 4.78 is 5.00. The molecule has 3 fully saturated rings. The summed E-state index contributed by atoms with van der Waals surface area (Å²) in [4.78, 5) is 52.6. The Morgan fingerprint density at radius 3 is 2.29 bits per heavy atom. The number of carbonyl (C=O) groups is 4. The van der Waals surface area contributed by atoms with Gasteiger partial charge in [-0.05, 0) is 56.8 Å². The quantitative estimate of drug-likeness (QED) is 0.657. The zero-order valence-corrected chi connectivity index (χ0v) is 19.2. The molecule has 0 aromatic carbocycles. The first-order chi connectivity index (χ1) is 14.6. The summed E-state index contributed by atoms with van der Waals surface area (Å²) >= 11 is 0. The van der Waals surface area contributed by atoms with Crippen molar-refractivity contribution in [2.45, 2.75) is 77.8 Å². The molecule has 3 rings (SSSR count). The Morgan fingerprint density at radius 2 is 1.74 bits per heavy atom. The van der Waals surface area contributed by atoms with Crippen LogP contribution in [0.5, 0.6) is 0 Å². The molecule has 5 amide bonds. The monoisotopic (exact) mass is 436 g/mol. The minimum absolute atomic E-state index is 0.0878. The van der Waals surface area contributed by atoms with Crippen LogP contribution in [0.4, 0.5) is 9.59 Å². The molecule has 1 saturated carbocycles. The molecule has 31 heavy (non-hydrogen) atoms. The van der Waals surface area contributed by atoms with E-state index in [2.05, 4.69) is 31.4 Å². The standard InChI is InChI=1S/C22H36N4O5/c1-5-31-20(30)25-12-8-16(9-13-25)23-17(27)14-26-18(28)22(24-19(26)29)10-6-15(7-11-22)21(2,3)4/h15-16H,5-14H2,1-4H3,(H,23,27)(H,24,29). The lowest BCUT2D eigenvalue weighted by molar-refractivity contribution is -0.136. The van der Waals surface area contributed by atoms with Crippen LogP contribution in [0.25, 0.3) is 0 Å². The Hall–Kier alpha value is -2.32. The summed E-state index contributed by atoms with van der Waals surface area (Å²) in [6.07, 6.45) is 3.89. The number of rotatable bonds is 4. The number of hydrogen-bond donors (Lipinski definition) is 2. The molecule has 2 heterocycles. The second-order valence-corrected chi connectivity index (χ2v) is 10.1. The fourth-order valence-corrected chi connectivity index (χ4v) is 4.97. The van der Waals surface area contributed by atoms with Crippen LogP contribution in [-0.4, -0.2) is 71.6 Å². The van der Waals surface area contributed by atoms with Gasteiger partial charge in [0.2, 0.25) is 5.91 Å². The van der Waals surface area contributed by atoms with Crippen LogP contribution < -0.4 is 10.6 Å². The van der Waals surface area contributed by atoms with E-state index in [1.165, 1.54) is 0 Å². The lowest BCUT2D eigenvalue weighted by Gasteiger charge is -2.40. The number of urea groups is 1. The van der Waals surface area contributed by atoms with E-state index < -0.39 is 11.6 Å². The van der Waals surface area contributed by atoms with E-state index in [-0.39, 0.29) is 35.9 Å². The molecule has 174 valence electrons. The van der Waals surface area contributed by atoms with Crippen molar-refractivity contribution in [2.75, 3.05) is 26.2 Å². The lowest BCUT2D eigenvalue weighted by atomic mass is 9.67. The third-order valence-corrected chi connectivity index (χ3v) is 7.00. The topological polar surface area (TPSA) is 108 Å². The third kappa shape index (κ3) is 5.13. The van der Waals surface area contributed by atoms with Crippen molar-refractivity contribution in [3.05, 3.63) is 0 Å². The van der Waals surface area contributed by atoms with Gasteiger partial charge in [-0.15, -0.1) is 0 Å². The van der Waals surface area contributed by atoms with Gasteiger partial charge >= 0.3 is 12.1 Å². The van der Waals surface area contributed by atoms with Crippen molar-refractivity contribution >= 4 is 23.9 Å². The zero-order valence-electron chi connectivity index (χ0n) is 19.2. The highest BCUT2D eigenvalue weighted by Crippen LogP contribution is 2.43. The number of nitrogens with one attached hydrogen (secondary N) is 2.